The predicted molar refractivity (Wildman–Crippen MR) is 127 cm³/mol. The van der Waals surface area contributed by atoms with Crippen LogP contribution in [0.1, 0.15) is 28.1 Å². The third-order valence-electron chi connectivity index (χ3n) is 5.78. The minimum atomic E-state index is -0.558. The molecule has 0 atom stereocenters. The van der Waals surface area contributed by atoms with Crippen molar-refractivity contribution in [3.05, 3.63) is 88.0 Å². The first kappa shape index (κ1) is 21.6. The Kier molecular flexibility index (Phi) is 5.52. The van der Waals surface area contributed by atoms with Crippen LogP contribution in [-0.2, 0) is 9.59 Å². The summed E-state index contributed by atoms with van der Waals surface area (Å²) in [6, 6.07) is 13.9. The maximum absolute atomic E-state index is 14.4. The van der Waals surface area contributed by atoms with Crippen LogP contribution in [0.25, 0.3) is 11.8 Å². The summed E-state index contributed by atoms with van der Waals surface area (Å²) >= 11 is 5.31. The van der Waals surface area contributed by atoms with Gasteiger partial charge in [0.25, 0.3) is 11.8 Å². The topological polar surface area (TPSA) is 54.3 Å². The molecule has 0 bridgehead atoms. The standard InChI is InChI=1S/C25H22FN3O2S/c1-14-8-7-11-21(16(14)3)29-24(31)19(23(30)27-25(29)32)13-18-12-15(2)28(17(18)4)22-10-6-5-9-20(22)26/h5-13H,1-4H3,(H,27,30,32)/b19-13+. The Bertz CT molecular complexity index is 1320. The number of rotatable bonds is 3. The Balaban J connectivity index is 1.81. The molecular formula is C25H22FN3O2S. The van der Waals surface area contributed by atoms with Gasteiger partial charge in [-0.05, 0) is 86.9 Å². The van der Waals surface area contributed by atoms with Gasteiger partial charge in [-0.2, -0.15) is 0 Å². The Morgan fingerprint density at radius 3 is 2.38 bits per heavy atom. The molecule has 1 N–H and O–H groups in total. The average Bonchev–Trinajstić information content (AvgIpc) is 3.01. The van der Waals surface area contributed by atoms with Gasteiger partial charge in [-0.1, -0.05) is 24.3 Å². The van der Waals surface area contributed by atoms with Crippen LogP contribution in [0.4, 0.5) is 10.1 Å². The van der Waals surface area contributed by atoms with E-state index in [1.165, 1.54) is 17.0 Å². The normalized spacial score (nSPS) is 15.5. The fourth-order valence-corrected chi connectivity index (χ4v) is 4.22. The molecule has 1 aromatic heterocycles. The zero-order valence-corrected chi connectivity index (χ0v) is 19.0. The van der Waals surface area contributed by atoms with Crippen molar-refractivity contribution >= 4 is 40.9 Å². The second-order valence-corrected chi connectivity index (χ2v) is 8.18. The molecule has 0 aliphatic carbocycles. The lowest BCUT2D eigenvalue weighted by atomic mass is 10.0. The van der Waals surface area contributed by atoms with Crippen molar-refractivity contribution in [1.82, 2.24) is 9.88 Å². The molecule has 3 aromatic rings. The van der Waals surface area contributed by atoms with Crippen LogP contribution in [0, 0.1) is 33.5 Å². The van der Waals surface area contributed by atoms with E-state index in [1.807, 2.05) is 45.9 Å². The van der Waals surface area contributed by atoms with E-state index in [2.05, 4.69) is 5.32 Å². The summed E-state index contributed by atoms with van der Waals surface area (Å²) in [4.78, 5) is 27.4. The first-order valence-electron chi connectivity index (χ1n) is 10.1. The molecule has 1 aliphatic rings. The monoisotopic (exact) mass is 447 g/mol. The maximum Gasteiger partial charge on any atom is 0.270 e. The number of benzene rings is 2. The summed E-state index contributed by atoms with van der Waals surface area (Å²) in [7, 11) is 0. The summed E-state index contributed by atoms with van der Waals surface area (Å²) in [5.41, 5.74) is 5.06. The Labute approximate surface area is 191 Å². The third kappa shape index (κ3) is 3.54. The van der Waals surface area contributed by atoms with Gasteiger partial charge in [0, 0.05) is 11.4 Å². The molecule has 0 unspecified atom stereocenters. The minimum absolute atomic E-state index is 0.0340. The number of halogens is 1. The van der Waals surface area contributed by atoms with Crippen molar-refractivity contribution in [3.63, 3.8) is 0 Å². The zero-order chi connectivity index (χ0) is 23.2. The number of anilines is 1. The number of aryl methyl sites for hydroxylation is 2. The van der Waals surface area contributed by atoms with Gasteiger partial charge in [0.2, 0.25) is 0 Å². The van der Waals surface area contributed by atoms with Crippen LogP contribution >= 0.6 is 12.2 Å². The second-order valence-electron chi connectivity index (χ2n) is 7.79. The molecule has 1 aliphatic heterocycles. The van der Waals surface area contributed by atoms with Crippen molar-refractivity contribution in [2.45, 2.75) is 27.7 Å². The molecule has 4 rings (SSSR count). The van der Waals surface area contributed by atoms with Gasteiger partial charge in [0.15, 0.2) is 5.11 Å². The highest BCUT2D eigenvalue weighted by molar-refractivity contribution is 7.80. The third-order valence-corrected chi connectivity index (χ3v) is 6.07. The molecular weight excluding hydrogens is 425 g/mol. The number of hydrogen-bond donors (Lipinski definition) is 1. The average molecular weight is 448 g/mol. The quantitative estimate of drug-likeness (QED) is 0.360. The Hall–Kier alpha value is -3.58. The van der Waals surface area contributed by atoms with Gasteiger partial charge in [0.05, 0.1) is 11.4 Å². The van der Waals surface area contributed by atoms with Gasteiger partial charge in [-0.25, -0.2) is 4.39 Å². The van der Waals surface area contributed by atoms with Crippen molar-refractivity contribution < 1.29 is 14.0 Å². The fourth-order valence-electron chi connectivity index (χ4n) is 3.95. The first-order valence-corrected chi connectivity index (χ1v) is 10.5. The fraction of sp³-hybridized carbons (Fsp3) is 0.160. The molecule has 7 heteroatoms. The van der Waals surface area contributed by atoms with Crippen molar-refractivity contribution in [1.29, 1.82) is 0 Å². The van der Waals surface area contributed by atoms with E-state index in [1.54, 1.807) is 28.8 Å². The highest BCUT2D eigenvalue weighted by Gasteiger charge is 2.35. The number of aromatic nitrogens is 1. The number of para-hydroxylation sites is 1. The van der Waals surface area contributed by atoms with Gasteiger partial charge >= 0.3 is 0 Å². The van der Waals surface area contributed by atoms with E-state index < -0.39 is 11.8 Å². The summed E-state index contributed by atoms with van der Waals surface area (Å²) in [6.45, 7) is 7.53. The molecule has 2 amide bonds. The van der Waals surface area contributed by atoms with E-state index >= 15 is 0 Å². The summed E-state index contributed by atoms with van der Waals surface area (Å²) in [5.74, 6) is -1.41. The number of amides is 2. The SMILES string of the molecule is Cc1cccc(N2C(=O)/C(=C/c3cc(C)n(-c4ccccc4F)c3C)C(=O)NC2=S)c1C. The molecule has 2 aromatic carbocycles. The van der Waals surface area contributed by atoms with Crippen LogP contribution in [0.3, 0.4) is 0 Å². The molecule has 0 radical (unpaired) electrons. The number of nitrogens with zero attached hydrogens (tertiary/aromatic N) is 2. The van der Waals surface area contributed by atoms with Crippen LogP contribution in [0.2, 0.25) is 0 Å². The summed E-state index contributed by atoms with van der Waals surface area (Å²) < 4.78 is 16.2. The van der Waals surface area contributed by atoms with Gasteiger partial charge in [0.1, 0.15) is 11.4 Å². The largest absolute Gasteiger partial charge is 0.315 e. The second kappa shape index (κ2) is 8.16. The smallest absolute Gasteiger partial charge is 0.270 e. The van der Waals surface area contributed by atoms with E-state index in [0.29, 0.717) is 22.6 Å². The van der Waals surface area contributed by atoms with Crippen LogP contribution in [0.15, 0.2) is 54.1 Å². The molecule has 5 nitrogen and oxygen atoms in total. The molecule has 162 valence electrons. The number of thiocarbonyl (C=S) groups is 1. The van der Waals surface area contributed by atoms with Crippen LogP contribution < -0.4 is 10.2 Å². The zero-order valence-electron chi connectivity index (χ0n) is 18.2. The maximum atomic E-state index is 14.4. The first-order chi connectivity index (χ1) is 15.2. The lowest BCUT2D eigenvalue weighted by Crippen LogP contribution is -2.54. The van der Waals surface area contributed by atoms with E-state index in [0.717, 1.165) is 16.8 Å². The molecule has 2 heterocycles. The number of carbonyl (C=O) groups excluding carboxylic acids is 2. The van der Waals surface area contributed by atoms with Crippen molar-refractivity contribution in [2.24, 2.45) is 0 Å². The molecule has 32 heavy (non-hydrogen) atoms. The lowest BCUT2D eigenvalue weighted by molar-refractivity contribution is -0.122. The molecule has 1 fully saturated rings. The van der Waals surface area contributed by atoms with Crippen molar-refractivity contribution in [2.75, 3.05) is 4.90 Å². The van der Waals surface area contributed by atoms with Gasteiger partial charge < -0.3 is 4.57 Å². The molecule has 1 saturated heterocycles. The van der Waals surface area contributed by atoms with Crippen LogP contribution in [0.5, 0.6) is 0 Å². The minimum Gasteiger partial charge on any atom is -0.315 e. The highest BCUT2D eigenvalue weighted by Crippen LogP contribution is 2.29. The predicted octanol–water partition coefficient (Wildman–Crippen LogP) is 4.68. The molecule has 0 spiro atoms. The van der Waals surface area contributed by atoms with E-state index in [9.17, 15) is 14.0 Å². The van der Waals surface area contributed by atoms with E-state index in [4.69, 9.17) is 12.2 Å². The van der Waals surface area contributed by atoms with Crippen molar-refractivity contribution in [3.8, 4) is 5.69 Å². The van der Waals surface area contributed by atoms with E-state index in [-0.39, 0.29) is 16.5 Å². The highest BCUT2D eigenvalue weighted by atomic mass is 32.1. The lowest BCUT2D eigenvalue weighted by Gasteiger charge is -2.30. The van der Waals surface area contributed by atoms with Gasteiger partial charge in [-0.15, -0.1) is 0 Å². The number of carbonyl (C=O) groups is 2. The number of nitrogens with one attached hydrogen (secondary N) is 1. The molecule has 0 saturated carbocycles. The Morgan fingerprint density at radius 1 is 0.969 bits per heavy atom. The summed E-state index contributed by atoms with van der Waals surface area (Å²) in [6.07, 6.45) is 1.54. The summed E-state index contributed by atoms with van der Waals surface area (Å²) in [5, 5.41) is 2.66. The Morgan fingerprint density at radius 2 is 1.66 bits per heavy atom. The number of hydrogen-bond acceptors (Lipinski definition) is 3. The van der Waals surface area contributed by atoms with Crippen LogP contribution in [-0.4, -0.2) is 21.5 Å². The van der Waals surface area contributed by atoms with Gasteiger partial charge in [-0.3, -0.25) is 19.8 Å².